The molecule has 11 N–H and O–H groups in total. The third-order valence-electron chi connectivity index (χ3n) is 7.40. The molecule has 0 aromatic rings. The molecule has 0 aliphatic rings. The second kappa shape index (κ2) is 47.5. The Balaban J connectivity index is -0.0000000975. The summed E-state index contributed by atoms with van der Waals surface area (Å²) in [4.78, 5) is 60.8. The van der Waals surface area contributed by atoms with Gasteiger partial charge >= 0.3 is 0 Å². The highest BCUT2D eigenvalue weighted by molar-refractivity contribution is 5.83. The van der Waals surface area contributed by atoms with Crippen LogP contribution in [0.2, 0.25) is 0 Å². The summed E-state index contributed by atoms with van der Waals surface area (Å²) < 4.78 is 0. The van der Waals surface area contributed by atoms with Crippen LogP contribution < -0.4 is 33.6 Å². The zero-order valence-corrected chi connectivity index (χ0v) is 48.1. The van der Waals surface area contributed by atoms with Crippen molar-refractivity contribution in [2.24, 2.45) is 92.1 Å². The minimum absolute atomic E-state index is 0.00926. The first-order valence-electron chi connectivity index (χ1n) is 24.3. The number of hydrogen-bond donors (Lipinski definition) is 7. The lowest BCUT2D eigenvalue weighted by Gasteiger charge is -2.09. The van der Waals surface area contributed by atoms with Crippen molar-refractivity contribution >= 4 is 41.1 Å². The van der Waals surface area contributed by atoms with Crippen molar-refractivity contribution in [1.29, 1.82) is 0 Å². The van der Waals surface area contributed by atoms with E-state index in [-0.39, 0.29) is 71.2 Å². The summed E-state index contributed by atoms with van der Waals surface area (Å²) in [5.74, 6) is 4.58. The molecule has 0 fully saturated rings. The van der Waals surface area contributed by atoms with Gasteiger partial charge in [0, 0.05) is 77.9 Å². The Labute approximate surface area is 408 Å². The maximum atomic E-state index is 11.0. The molecule has 4 amide bonds. The van der Waals surface area contributed by atoms with Crippen LogP contribution in [-0.2, 0) is 24.0 Å². The van der Waals surface area contributed by atoms with E-state index in [4.69, 9.17) is 28.0 Å². The van der Waals surface area contributed by atoms with Crippen LogP contribution in [0.4, 0.5) is 0 Å². The van der Waals surface area contributed by atoms with E-state index in [1.54, 1.807) is 27.7 Å². The molecule has 0 aliphatic heterocycles. The lowest BCUT2D eigenvalue weighted by Crippen LogP contribution is -2.33. The Bertz CT molecular complexity index is 1160. The average molecular weight is 946 g/mol. The molecule has 66 heavy (non-hydrogen) atoms. The fraction of sp³-hybridized carbons (Fsp3) is 0.827. The number of carbonyl (C=O) groups excluding carboxylic acids is 5. The SMILES string of the molecule is CC(C)/C=C(\O)C(C)C.CC(C)C(N)=O.CC(C)C(N)=O.CC(C)CC(=O)C(C)C.CC(C)N=C(N)C(C)C.CC(C)N=C(N)C(C)C.CC(C)NC(=O)C(C)C.CC(C)NC(=O)C(C)C. The van der Waals surface area contributed by atoms with E-state index in [1.807, 2.05) is 145 Å². The van der Waals surface area contributed by atoms with Gasteiger partial charge in [-0.25, -0.2) is 0 Å². The molecule has 0 radical (unpaired) electrons. The molecule has 396 valence electrons. The Hall–Kier alpha value is -3.97. The molecular weight excluding hydrogens is 833 g/mol. The van der Waals surface area contributed by atoms with Crippen molar-refractivity contribution < 1.29 is 29.1 Å². The van der Waals surface area contributed by atoms with Crippen LogP contribution in [0.15, 0.2) is 21.8 Å². The molecule has 0 saturated carbocycles. The number of Topliss-reactive ketones (excluding diaryl/α,β-unsaturated/α-hetero) is 1. The van der Waals surface area contributed by atoms with Crippen LogP contribution >= 0.6 is 0 Å². The van der Waals surface area contributed by atoms with E-state index in [2.05, 4.69) is 48.3 Å². The number of ketones is 1. The number of nitrogens with zero attached hydrogens (tertiary/aromatic N) is 2. The molecule has 0 rings (SSSR count). The van der Waals surface area contributed by atoms with Gasteiger partial charge in [-0.05, 0) is 73.3 Å². The molecule has 0 unspecified atom stereocenters. The number of primary amides is 2. The Morgan fingerprint density at radius 1 is 0.424 bits per heavy atom. The number of rotatable bonds is 15. The predicted octanol–water partition coefficient (Wildman–Crippen LogP) is 10.4. The van der Waals surface area contributed by atoms with E-state index < -0.39 is 0 Å². The standard InChI is InChI=1S/2C8H16O.2C7H16N2.2C7H15NO.2C4H9NO/c2*1-6(2)5-8(9)7(3)4;2*1-5(2)7(8)9-6(3)4;2*1-5(2)7(9)8-6(3)4;2*1-3(2)4(5)6/h6-7H,5H2,1-4H3;5-7,9H,1-4H3;2*5-6H,1-4H3,(H2,8,9);2*5-6H,1-4H3,(H,8,9);2*3H,1-2H3,(H2,5,6)/b;8-5-;;;;;;. The van der Waals surface area contributed by atoms with Crippen molar-refractivity contribution in [1.82, 2.24) is 10.6 Å². The fourth-order valence-electron chi connectivity index (χ4n) is 2.97. The lowest BCUT2D eigenvalue weighted by molar-refractivity contribution is -0.125. The smallest absolute Gasteiger partial charge is 0.222 e. The summed E-state index contributed by atoms with van der Waals surface area (Å²) in [5.41, 5.74) is 20.7. The van der Waals surface area contributed by atoms with Crippen molar-refractivity contribution in [3.63, 3.8) is 0 Å². The van der Waals surface area contributed by atoms with Gasteiger partial charge < -0.3 is 38.7 Å². The fourth-order valence-corrected chi connectivity index (χ4v) is 2.97. The van der Waals surface area contributed by atoms with Crippen LogP contribution in [0.25, 0.3) is 0 Å². The summed E-state index contributed by atoms with van der Waals surface area (Å²) >= 11 is 0. The van der Waals surface area contributed by atoms with E-state index >= 15 is 0 Å². The summed E-state index contributed by atoms with van der Waals surface area (Å²) in [7, 11) is 0. The molecule has 14 heteroatoms. The topological polar surface area (TPSA) is 258 Å². The number of hydrogen-bond acceptors (Lipinski definition) is 8. The number of allylic oxidation sites excluding steroid dienone is 2. The molecule has 0 bridgehead atoms. The van der Waals surface area contributed by atoms with Gasteiger partial charge in [-0.3, -0.25) is 34.0 Å². The van der Waals surface area contributed by atoms with Crippen LogP contribution in [0, 0.1) is 59.2 Å². The van der Waals surface area contributed by atoms with E-state index in [9.17, 15) is 24.0 Å². The summed E-state index contributed by atoms with van der Waals surface area (Å²) in [5, 5.41) is 14.8. The van der Waals surface area contributed by atoms with Crippen LogP contribution in [-0.4, -0.2) is 70.4 Å². The summed E-state index contributed by atoms with van der Waals surface area (Å²) in [6.07, 6.45) is 2.61. The Morgan fingerprint density at radius 2 is 0.682 bits per heavy atom. The highest BCUT2D eigenvalue weighted by Gasteiger charge is 2.09. The third-order valence-corrected chi connectivity index (χ3v) is 7.40. The number of carbonyl (C=O) groups is 5. The number of amidine groups is 2. The molecule has 0 saturated heterocycles. The summed E-state index contributed by atoms with van der Waals surface area (Å²) in [6.45, 7) is 54.8. The largest absolute Gasteiger partial charge is 0.512 e. The van der Waals surface area contributed by atoms with Gasteiger partial charge in [-0.15, -0.1) is 0 Å². The normalized spacial score (nSPS) is 11.5. The zero-order valence-electron chi connectivity index (χ0n) is 48.1. The van der Waals surface area contributed by atoms with Gasteiger partial charge in [-0.2, -0.15) is 0 Å². The van der Waals surface area contributed by atoms with Gasteiger partial charge in [0.05, 0.1) is 17.4 Å². The number of aliphatic hydroxyl groups is 1. The number of nitrogens with two attached hydrogens (primary N) is 4. The van der Waals surface area contributed by atoms with Crippen molar-refractivity contribution in [3.8, 4) is 0 Å². The highest BCUT2D eigenvalue weighted by Crippen LogP contribution is 2.08. The molecular formula is C52H112N8O6. The lowest BCUT2D eigenvalue weighted by atomic mass is 9.99. The third kappa shape index (κ3) is 77.3. The number of nitrogens with one attached hydrogen (secondary N) is 2. The van der Waals surface area contributed by atoms with Crippen molar-refractivity contribution in [2.75, 3.05) is 0 Å². The van der Waals surface area contributed by atoms with Crippen LogP contribution in [0.1, 0.15) is 200 Å². The highest BCUT2D eigenvalue weighted by atomic mass is 16.3. The minimum Gasteiger partial charge on any atom is -0.512 e. The maximum absolute atomic E-state index is 11.0. The maximum Gasteiger partial charge on any atom is 0.222 e. The minimum atomic E-state index is -0.241. The molecule has 0 atom stereocenters. The zero-order chi connectivity index (χ0) is 54.9. The first-order chi connectivity index (χ1) is 29.5. The van der Waals surface area contributed by atoms with E-state index in [1.165, 1.54) is 0 Å². The first kappa shape index (κ1) is 79.1. The van der Waals surface area contributed by atoms with Crippen molar-refractivity contribution in [2.45, 2.75) is 224 Å². The molecule has 0 aromatic heterocycles. The monoisotopic (exact) mass is 945 g/mol. The Kier molecular flexibility index (Phi) is 57.0. The van der Waals surface area contributed by atoms with Gasteiger partial charge in [0.15, 0.2) is 0 Å². The average Bonchev–Trinajstić information content (AvgIpc) is 3.11. The first-order valence-corrected chi connectivity index (χ1v) is 24.3. The van der Waals surface area contributed by atoms with Gasteiger partial charge in [0.25, 0.3) is 0 Å². The van der Waals surface area contributed by atoms with Gasteiger partial charge in [-0.1, -0.05) is 138 Å². The molecule has 0 aliphatic carbocycles. The number of aliphatic imine (C=N–C) groups is 2. The van der Waals surface area contributed by atoms with Crippen LogP contribution in [0.3, 0.4) is 0 Å². The molecule has 14 nitrogen and oxygen atoms in total. The van der Waals surface area contributed by atoms with Gasteiger partial charge in [0.1, 0.15) is 5.78 Å². The Morgan fingerprint density at radius 3 is 0.742 bits per heavy atom. The summed E-state index contributed by atoms with van der Waals surface area (Å²) in [6, 6.07) is 1.18. The second-order valence-electron chi connectivity index (χ2n) is 20.6. The quantitative estimate of drug-likeness (QED) is 0.0471. The number of aliphatic hydroxyl groups excluding tert-OH is 1. The molecule has 0 heterocycles. The van der Waals surface area contributed by atoms with Gasteiger partial charge in [0.2, 0.25) is 23.6 Å². The van der Waals surface area contributed by atoms with E-state index in [0.29, 0.717) is 47.3 Å². The number of amides is 4. The van der Waals surface area contributed by atoms with Crippen molar-refractivity contribution in [3.05, 3.63) is 11.8 Å². The predicted molar refractivity (Wildman–Crippen MR) is 287 cm³/mol. The van der Waals surface area contributed by atoms with Crippen LogP contribution in [0.5, 0.6) is 0 Å². The second-order valence-corrected chi connectivity index (χ2v) is 20.6. The molecule has 0 spiro atoms. The van der Waals surface area contributed by atoms with E-state index in [0.717, 1.165) is 18.1 Å². The molecule has 0 aromatic carbocycles.